The summed E-state index contributed by atoms with van der Waals surface area (Å²) in [5.41, 5.74) is 0.131. The van der Waals surface area contributed by atoms with Gasteiger partial charge in [-0.15, -0.1) is 0 Å². The quantitative estimate of drug-likeness (QED) is 0.421. The van der Waals surface area contributed by atoms with Gasteiger partial charge in [0.05, 0.1) is 24.3 Å². The zero-order valence-corrected chi connectivity index (χ0v) is 18.3. The van der Waals surface area contributed by atoms with E-state index in [1.54, 1.807) is 12.1 Å². The van der Waals surface area contributed by atoms with Crippen molar-refractivity contribution in [1.82, 2.24) is 9.88 Å². The van der Waals surface area contributed by atoms with Crippen LogP contribution in [0, 0.1) is 11.7 Å². The van der Waals surface area contributed by atoms with Crippen LogP contribution in [0.1, 0.15) is 54.0 Å². The van der Waals surface area contributed by atoms with Gasteiger partial charge in [-0.3, -0.25) is 14.7 Å². The second-order valence-corrected chi connectivity index (χ2v) is 8.71. The summed E-state index contributed by atoms with van der Waals surface area (Å²) in [6, 6.07) is 5.48. The van der Waals surface area contributed by atoms with Crippen molar-refractivity contribution < 1.29 is 31.8 Å². The highest BCUT2D eigenvalue weighted by Gasteiger charge is 2.37. The molecule has 2 aromatic rings. The molecule has 2 fully saturated rings. The van der Waals surface area contributed by atoms with Gasteiger partial charge < -0.3 is 9.47 Å². The van der Waals surface area contributed by atoms with Crippen LogP contribution >= 0.6 is 0 Å². The van der Waals surface area contributed by atoms with Crippen LogP contribution in [-0.2, 0) is 28.9 Å². The topological polar surface area (TPSA) is 51.7 Å². The number of likely N-dealkylation sites (tertiary alicyclic amines) is 1. The first-order valence-electron chi connectivity index (χ1n) is 11.0. The van der Waals surface area contributed by atoms with Crippen molar-refractivity contribution in [3.63, 3.8) is 0 Å². The first kappa shape index (κ1) is 23.5. The van der Waals surface area contributed by atoms with Crippen LogP contribution in [0.2, 0.25) is 0 Å². The predicted molar refractivity (Wildman–Crippen MR) is 112 cm³/mol. The van der Waals surface area contributed by atoms with E-state index in [4.69, 9.17) is 9.47 Å². The normalized spacial score (nSPS) is 17.7. The highest BCUT2D eigenvalue weighted by atomic mass is 19.4. The monoisotopic (exact) mass is 466 g/mol. The van der Waals surface area contributed by atoms with Crippen LogP contribution in [0.15, 0.2) is 30.5 Å². The number of methoxy groups -OCH3 is 1. The zero-order valence-electron chi connectivity index (χ0n) is 18.3. The maximum Gasteiger partial charge on any atom is 0.418 e. The Balaban J connectivity index is 1.38. The number of ether oxygens (including phenoxy) is 2. The molecule has 0 amide bonds. The van der Waals surface area contributed by atoms with Crippen LogP contribution in [0.25, 0.3) is 0 Å². The van der Waals surface area contributed by atoms with Crippen molar-refractivity contribution in [2.45, 2.75) is 50.9 Å². The van der Waals surface area contributed by atoms with E-state index in [9.17, 15) is 22.4 Å². The fourth-order valence-corrected chi connectivity index (χ4v) is 4.52. The minimum Gasteiger partial charge on any atom is -0.489 e. The van der Waals surface area contributed by atoms with Crippen LogP contribution in [0.3, 0.4) is 0 Å². The fraction of sp³-hybridized carbons (Fsp3) is 0.500. The molecule has 0 atom stereocenters. The number of esters is 1. The van der Waals surface area contributed by atoms with Gasteiger partial charge in [-0.1, -0.05) is 18.9 Å². The average molecular weight is 466 g/mol. The van der Waals surface area contributed by atoms with Crippen molar-refractivity contribution in [2.24, 2.45) is 5.92 Å². The first-order chi connectivity index (χ1) is 15.7. The lowest BCUT2D eigenvalue weighted by Gasteiger charge is -2.37. The van der Waals surface area contributed by atoms with Crippen LogP contribution in [0.4, 0.5) is 17.6 Å². The summed E-state index contributed by atoms with van der Waals surface area (Å²) in [6.07, 6.45) is 0.198. The number of alkyl halides is 3. The van der Waals surface area contributed by atoms with Crippen LogP contribution < -0.4 is 4.74 Å². The van der Waals surface area contributed by atoms with Gasteiger partial charge in [0.25, 0.3) is 0 Å². The number of pyridine rings is 1. The van der Waals surface area contributed by atoms with E-state index < -0.39 is 17.6 Å². The van der Waals surface area contributed by atoms with Gasteiger partial charge in [0.2, 0.25) is 0 Å². The molecule has 1 aliphatic carbocycles. The highest BCUT2D eigenvalue weighted by Crippen LogP contribution is 2.40. The van der Waals surface area contributed by atoms with Gasteiger partial charge in [0, 0.05) is 48.9 Å². The molecule has 0 unspecified atom stereocenters. The molecule has 5 nitrogen and oxygen atoms in total. The lowest BCUT2D eigenvalue weighted by atomic mass is 9.97. The Labute approximate surface area is 189 Å². The molecule has 0 radical (unpaired) electrons. The Morgan fingerprint density at radius 3 is 2.55 bits per heavy atom. The van der Waals surface area contributed by atoms with E-state index in [0.29, 0.717) is 25.2 Å². The van der Waals surface area contributed by atoms with E-state index in [-0.39, 0.29) is 41.4 Å². The molecule has 1 aromatic carbocycles. The van der Waals surface area contributed by atoms with Crippen molar-refractivity contribution in [2.75, 3.05) is 20.2 Å². The van der Waals surface area contributed by atoms with E-state index >= 15 is 0 Å². The van der Waals surface area contributed by atoms with E-state index in [1.165, 1.54) is 19.4 Å². The number of aromatic nitrogens is 1. The number of hydrogen-bond acceptors (Lipinski definition) is 5. The van der Waals surface area contributed by atoms with Gasteiger partial charge in [-0.2, -0.15) is 13.2 Å². The Morgan fingerprint density at radius 2 is 1.91 bits per heavy atom. The molecule has 1 aliphatic heterocycles. The fourth-order valence-electron chi connectivity index (χ4n) is 4.52. The molecular weight excluding hydrogens is 440 g/mol. The minimum absolute atomic E-state index is 0.111. The molecule has 2 heterocycles. The number of nitrogens with zero attached hydrogens (tertiary/aromatic N) is 2. The zero-order chi connectivity index (χ0) is 23.6. The predicted octanol–water partition coefficient (Wildman–Crippen LogP) is 5.08. The number of benzene rings is 1. The molecule has 33 heavy (non-hydrogen) atoms. The van der Waals surface area contributed by atoms with Crippen molar-refractivity contribution in [1.29, 1.82) is 0 Å². The van der Waals surface area contributed by atoms with Crippen molar-refractivity contribution >= 4 is 5.97 Å². The number of halogens is 4. The summed E-state index contributed by atoms with van der Waals surface area (Å²) in [5, 5.41) is 0. The standard InChI is InChI=1S/C24H26F4N2O3/c1-32-23(31)18-12-30(13-18)11-17-6-7-19(9-21(17)25)33-14-15-8-20(24(26,27)28)22(29-10-15)16-4-2-3-5-16/h6-10,16,18H,2-5,11-14H2,1H3. The average Bonchev–Trinajstić information content (AvgIpc) is 3.29. The lowest BCUT2D eigenvalue weighted by molar-refractivity contribution is -0.151. The molecule has 0 spiro atoms. The Bertz CT molecular complexity index is 1000. The summed E-state index contributed by atoms with van der Waals surface area (Å²) < 4.78 is 65.6. The molecule has 2 aliphatic rings. The smallest absolute Gasteiger partial charge is 0.418 e. The molecule has 1 saturated heterocycles. The Kier molecular flexibility index (Phi) is 6.88. The van der Waals surface area contributed by atoms with Gasteiger partial charge in [0.1, 0.15) is 18.2 Å². The maximum atomic E-state index is 14.5. The molecule has 4 rings (SSSR count). The van der Waals surface area contributed by atoms with Crippen LogP contribution in [0.5, 0.6) is 5.75 Å². The third kappa shape index (κ3) is 5.46. The molecule has 0 bridgehead atoms. The third-order valence-corrected chi connectivity index (χ3v) is 6.34. The summed E-state index contributed by atoms with van der Waals surface area (Å²) in [6.45, 7) is 1.22. The first-order valence-corrected chi connectivity index (χ1v) is 11.0. The number of carbonyl (C=O) groups is 1. The molecule has 9 heteroatoms. The number of hydrogen-bond donors (Lipinski definition) is 0. The summed E-state index contributed by atoms with van der Waals surface area (Å²) in [5.74, 6) is -0.862. The largest absolute Gasteiger partial charge is 0.489 e. The van der Waals surface area contributed by atoms with Crippen LogP contribution in [-0.4, -0.2) is 36.1 Å². The second-order valence-electron chi connectivity index (χ2n) is 8.71. The number of rotatable bonds is 7. The molecule has 0 N–H and O–H groups in total. The highest BCUT2D eigenvalue weighted by molar-refractivity contribution is 5.73. The SMILES string of the molecule is COC(=O)C1CN(Cc2ccc(OCc3cnc(C4CCCC4)c(C(F)(F)F)c3)cc2F)C1. The second kappa shape index (κ2) is 9.67. The summed E-state index contributed by atoms with van der Waals surface area (Å²) >= 11 is 0. The van der Waals surface area contributed by atoms with Gasteiger partial charge in [0.15, 0.2) is 0 Å². The molecule has 1 saturated carbocycles. The maximum absolute atomic E-state index is 14.5. The molecule has 1 aromatic heterocycles. The van der Waals surface area contributed by atoms with Crippen molar-refractivity contribution in [3.05, 3.63) is 58.7 Å². The van der Waals surface area contributed by atoms with Gasteiger partial charge in [-0.25, -0.2) is 4.39 Å². The number of carbonyl (C=O) groups excluding carboxylic acids is 1. The lowest BCUT2D eigenvalue weighted by Crippen LogP contribution is -2.50. The minimum atomic E-state index is -4.49. The van der Waals surface area contributed by atoms with E-state index in [0.717, 1.165) is 31.7 Å². The van der Waals surface area contributed by atoms with Gasteiger partial charge in [-0.05, 0) is 25.0 Å². The van der Waals surface area contributed by atoms with E-state index in [2.05, 4.69) is 4.98 Å². The van der Waals surface area contributed by atoms with Gasteiger partial charge >= 0.3 is 12.1 Å². The summed E-state index contributed by atoms with van der Waals surface area (Å²) in [7, 11) is 1.34. The third-order valence-electron chi connectivity index (χ3n) is 6.34. The summed E-state index contributed by atoms with van der Waals surface area (Å²) in [4.78, 5) is 17.5. The van der Waals surface area contributed by atoms with Crippen molar-refractivity contribution in [3.8, 4) is 5.75 Å². The van der Waals surface area contributed by atoms with E-state index in [1.807, 2.05) is 4.90 Å². The molecule has 178 valence electrons. The Morgan fingerprint density at radius 1 is 1.18 bits per heavy atom. The Hall–Kier alpha value is -2.68. The molecular formula is C24H26F4N2O3.